The third kappa shape index (κ3) is 5.19. The van der Waals surface area contributed by atoms with Crippen LogP contribution in [0.25, 0.3) is 11.1 Å². The molecule has 182 valence electrons. The molecule has 0 radical (unpaired) electrons. The third-order valence-corrected chi connectivity index (χ3v) is 7.15. The molecule has 0 saturated carbocycles. The number of aromatic nitrogens is 1. The fourth-order valence-electron chi connectivity index (χ4n) is 4.26. The van der Waals surface area contributed by atoms with Gasteiger partial charge in [-0.05, 0) is 35.1 Å². The fourth-order valence-corrected chi connectivity index (χ4v) is 5.16. The first kappa shape index (κ1) is 24.4. The van der Waals surface area contributed by atoms with E-state index in [0.29, 0.717) is 15.6 Å². The number of rotatable bonds is 8. The average molecular weight is 494 g/mol. The van der Waals surface area contributed by atoms with E-state index in [1.54, 1.807) is 20.8 Å². The van der Waals surface area contributed by atoms with Crippen LogP contribution in [0, 0.1) is 12.8 Å². The molecule has 9 heteroatoms. The number of nitrogens with zero attached hydrogens (tertiary/aromatic N) is 1. The van der Waals surface area contributed by atoms with Crippen LogP contribution in [0.1, 0.15) is 51.3 Å². The maximum atomic E-state index is 12.6. The SMILES string of the molecule is Cc1nc(CNC(=O)OCC2c3ccccc3-c3ccccc32)sc1C(=O)N[C@H](C(=O)O)C(C)C. The summed E-state index contributed by atoms with van der Waals surface area (Å²) >= 11 is 1.11. The monoisotopic (exact) mass is 493 g/mol. The summed E-state index contributed by atoms with van der Waals surface area (Å²) in [7, 11) is 0. The third-order valence-electron chi connectivity index (χ3n) is 5.99. The number of ether oxygens (including phenoxy) is 1. The van der Waals surface area contributed by atoms with Gasteiger partial charge in [-0.3, -0.25) is 4.79 Å². The van der Waals surface area contributed by atoms with Crippen molar-refractivity contribution in [3.8, 4) is 11.1 Å². The standard InChI is InChI=1S/C26H27N3O5S/c1-14(2)22(25(31)32)29-24(30)23-15(3)28-21(35-23)12-27-26(33)34-13-20-18-10-6-4-8-16(18)17-9-5-7-11-19(17)20/h4-11,14,20,22H,12-13H2,1-3H3,(H,27,33)(H,29,30)(H,31,32)/t22-/m0/s1. The summed E-state index contributed by atoms with van der Waals surface area (Å²) in [5.41, 5.74) is 5.06. The lowest BCUT2D eigenvalue weighted by Gasteiger charge is -2.17. The number of benzene rings is 2. The molecule has 2 aromatic carbocycles. The molecule has 0 aliphatic heterocycles. The largest absolute Gasteiger partial charge is 0.480 e. The van der Waals surface area contributed by atoms with Crippen molar-refractivity contribution in [3.05, 3.63) is 75.2 Å². The number of aryl methyl sites for hydroxylation is 1. The number of hydrogen-bond donors (Lipinski definition) is 3. The minimum absolute atomic E-state index is 0.0336. The van der Waals surface area contributed by atoms with Gasteiger partial charge in [-0.1, -0.05) is 62.4 Å². The normalized spacial score (nSPS) is 13.1. The van der Waals surface area contributed by atoms with Crippen molar-refractivity contribution in [2.24, 2.45) is 5.92 Å². The maximum Gasteiger partial charge on any atom is 0.407 e. The minimum atomic E-state index is -1.09. The first-order valence-electron chi connectivity index (χ1n) is 11.3. The molecule has 3 aromatic rings. The summed E-state index contributed by atoms with van der Waals surface area (Å²) in [6, 6.07) is 15.2. The van der Waals surface area contributed by atoms with E-state index >= 15 is 0 Å². The van der Waals surface area contributed by atoms with E-state index in [1.807, 2.05) is 24.3 Å². The molecular formula is C26H27N3O5S. The van der Waals surface area contributed by atoms with E-state index in [1.165, 1.54) is 0 Å². The predicted octanol–water partition coefficient (Wildman–Crippen LogP) is 4.33. The molecule has 2 amide bonds. The van der Waals surface area contributed by atoms with E-state index in [0.717, 1.165) is 33.6 Å². The van der Waals surface area contributed by atoms with Crippen LogP contribution in [-0.2, 0) is 16.1 Å². The smallest absolute Gasteiger partial charge is 0.407 e. The number of fused-ring (bicyclic) bond motifs is 3. The lowest BCUT2D eigenvalue weighted by Crippen LogP contribution is -2.44. The number of carbonyl (C=O) groups is 3. The Bertz CT molecular complexity index is 1220. The highest BCUT2D eigenvalue weighted by Gasteiger charge is 2.29. The van der Waals surface area contributed by atoms with Crippen molar-refractivity contribution < 1.29 is 24.2 Å². The zero-order valence-electron chi connectivity index (χ0n) is 19.7. The van der Waals surface area contributed by atoms with Gasteiger partial charge in [-0.25, -0.2) is 14.6 Å². The Kier molecular flexibility index (Phi) is 7.16. The highest BCUT2D eigenvalue weighted by Crippen LogP contribution is 2.44. The van der Waals surface area contributed by atoms with Crippen LogP contribution >= 0.6 is 11.3 Å². The Balaban J connectivity index is 1.35. The van der Waals surface area contributed by atoms with Crippen molar-refractivity contribution in [2.45, 2.75) is 39.3 Å². The zero-order chi connectivity index (χ0) is 25.1. The number of alkyl carbamates (subject to hydrolysis) is 1. The molecule has 35 heavy (non-hydrogen) atoms. The van der Waals surface area contributed by atoms with Crippen LogP contribution < -0.4 is 10.6 Å². The maximum absolute atomic E-state index is 12.6. The number of thiazole rings is 1. The Morgan fingerprint density at radius 3 is 2.23 bits per heavy atom. The van der Waals surface area contributed by atoms with Gasteiger partial charge in [-0.15, -0.1) is 11.3 Å². The van der Waals surface area contributed by atoms with Gasteiger partial charge < -0.3 is 20.5 Å². The molecule has 1 aliphatic carbocycles. The van der Waals surface area contributed by atoms with Gasteiger partial charge in [0.2, 0.25) is 0 Å². The minimum Gasteiger partial charge on any atom is -0.480 e. The molecule has 8 nitrogen and oxygen atoms in total. The van der Waals surface area contributed by atoms with E-state index < -0.39 is 24.0 Å². The highest BCUT2D eigenvalue weighted by molar-refractivity contribution is 7.13. The van der Waals surface area contributed by atoms with E-state index in [9.17, 15) is 19.5 Å². The topological polar surface area (TPSA) is 118 Å². The Hall–Kier alpha value is -3.72. The molecule has 0 spiro atoms. The van der Waals surface area contributed by atoms with Gasteiger partial charge in [0.15, 0.2) is 0 Å². The Labute approximate surface area is 207 Å². The molecule has 4 rings (SSSR count). The quantitative estimate of drug-likeness (QED) is 0.430. The summed E-state index contributed by atoms with van der Waals surface area (Å²) in [5, 5.41) is 15.1. The summed E-state index contributed by atoms with van der Waals surface area (Å²) in [5.74, 6) is -1.88. The summed E-state index contributed by atoms with van der Waals surface area (Å²) < 4.78 is 5.53. The number of aliphatic carboxylic acids is 1. The van der Waals surface area contributed by atoms with E-state index in [4.69, 9.17) is 4.74 Å². The Morgan fingerprint density at radius 1 is 1.06 bits per heavy atom. The number of nitrogens with one attached hydrogen (secondary N) is 2. The first-order chi connectivity index (χ1) is 16.8. The second kappa shape index (κ2) is 10.3. The van der Waals surface area contributed by atoms with Crippen molar-refractivity contribution >= 4 is 29.3 Å². The summed E-state index contributed by atoms with van der Waals surface area (Å²) in [6.07, 6.45) is -0.573. The molecule has 0 fully saturated rings. The van der Waals surface area contributed by atoms with Crippen molar-refractivity contribution in [1.82, 2.24) is 15.6 Å². The number of amides is 2. The van der Waals surface area contributed by atoms with Crippen LogP contribution in [0.15, 0.2) is 48.5 Å². The van der Waals surface area contributed by atoms with E-state index in [-0.39, 0.29) is 25.0 Å². The molecule has 1 heterocycles. The van der Waals surface area contributed by atoms with Gasteiger partial charge in [0, 0.05) is 5.92 Å². The first-order valence-corrected chi connectivity index (χ1v) is 12.2. The second-order valence-electron chi connectivity index (χ2n) is 8.73. The number of carboxylic acid groups (broad SMARTS) is 1. The molecule has 0 saturated heterocycles. The van der Waals surface area contributed by atoms with Gasteiger partial charge in [-0.2, -0.15) is 0 Å². The Morgan fingerprint density at radius 2 is 1.66 bits per heavy atom. The van der Waals surface area contributed by atoms with E-state index in [2.05, 4.69) is 39.9 Å². The van der Waals surface area contributed by atoms with Crippen LogP contribution in [0.2, 0.25) is 0 Å². The van der Waals surface area contributed by atoms with Crippen LogP contribution in [-0.4, -0.2) is 40.7 Å². The van der Waals surface area contributed by atoms with Gasteiger partial charge in [0.1, 0.15) is 22.5 Å². The number of carboxylic acids is 1. The molecule has 0 bridgehead atoms. The van der Waals surface area contributed by atoms with Gasteiger partial charge in [0.05, 0.1) is 12.2 Å². The molecule has 1 atom stereocenters. The van der Waals surface area contributed by atoms with Crippen LogP contribution in [0.5, 0.6) is 0 Å². The zero-order valence-corrected chi connectivity index (χ0v) is 20.5. The highest BCUT2D eigenvalue weighted by atomic mass is 32.1. The second-order valence-corrected chi connectivity index (χ2v) is 9.82. The molecule has 0 unspecified atom stereocenters. The lowest BCUT2D eigenvalue weighted by molar-refractivity contribution is -0.140. The molecule has 1 aromatic heterocycles. The van der Waals surface area contributed by atoms with Crippen molar-refractivity contribution in [2.75, 3.05) is 6.61 Å². The fraction of sp³-hybridized carbons (Fsp3) is 0.308. The average Bonchev–Trinajstić information content (AvgIpc) is 3.37. The number of hydrogen-bond acceptors (Lipinski definition) is 6. The van der Waals surface area contributed by atoms with Crippen LogP contribution in [0.3, 0.4) is 0 Å². The molecule has 3 N–H and O–H groups in total. The molecule has 1 aliphatic rings. The lowest BCUT2D eigenvalue weighted by atomic mass is 9.98. The van der Waals surface area contributed by atoms with Crippen molar-refractivity contribution in [1.29, 1.82) is 0 Å². The van der Waals surface area contributed by atoms with Gasteiger partial charge in [0.25, 0.3) is 5.91 Å². The van der Waals surface area contributed by atoms with Crippen molar-refractivity contribution in [3.63, 3.8) is 0 Å². The molecular weight excluding hydrogens is 466 g/mol. The van der Waals surface area contributed by atoms with Gasteiger partial charge >= 0.3 is 12.1 Å². The summed E-state index contributed by atoms with van der Waals surface area (Å²) in [4.78, 5) is 41.0. The predicted molar refractivity (Wildman–Crippen MR) is 132 cm³/mol. The summed E-state index contributed by atoms with van der Waals surface area (Å²) in [6.45, 7) is 5.43. The number of carbonyl (C=O) groups excluding carboxylic acids is 2. The van der Waals surface area contributed by atoms with Crippen LogP contribution in [0.4, 0.5) is 4.79 Å².